The Bertz CT molecular complexity index is 483. The van der Waals surface area contributed by atoms with Gasteiger partial charge in [0.2, 0.25) is 0 Å². The van der Waals surface area contributed by atoms with E-state index in [0.717, 1.165) is 9.26 Å². The van der Waals surface area contributed by atoms with Gasteiger partial charge in [-0.1, -0.05) is 6.92 Å². The number of anilines is 1. The minimum Gasteiger partial charge on any atom is -0.481 e. The van der Waals surface area contributed by atoms with E-state index in [1.54, 1.807) is 11.8 Å². The zero-order chi connectivity index (χ0) is 14.0. The first-order valence-electron chi connectivity index (χ1n) is 6.01. The van der Waals surface area contributed by atoms with Gasteiger partial charge in [0.25, 0.3) is 0 Å². The molecule has 2 rings (SSSR count). The topological polar surface area (TPSA) is 69.6 Å². The van der Waals surface area contributed by atoms with Crippen molar-refractivity contribution < 1.29 is 14.7 Å². The maximum Gasteiger partial charge on any atom is 0.321 e. The SMILES string of the molecule is CC(C(=O)O)C1CN(C(=O)Nc2ccc(I)cc2)C1. The Morgan fingerprint density at radius 3 is 2.47 bits per heavy atom. The van der Waals surface area contributed by atoms with Crippen LogP contribution in [0.5, 0.6) is 0 Å². The minimum absolute atomic E-state index is 0.0555. The number of nitrogens with zero attached hydrogens (tertiary/aromatic N) is 1. The number of nitrogens with one attached hydrogen (secondary N) is 1. The minimum atomic E-state index is -0.803. The third-order valence-corrected chi connectivity index (χ3v) is 4.11. The third kappa shape index (κ3) is 3.37. The zero-order valence-electron chi connectivity index (χ0n) is 10.5. The van der Waals surface area contributed by atoms with E-state index in [-0.39, 0.29) is 11.9 Å². The van der Waals surface area contributed by atoms with Crippen LogP contribution in [0.2, 0.25) is 0 Å². The smallest absolute Gasteiger partial charge is 0.321 e. The molecule has 102 valence electrons. The van der Waals surface area contributed by atoms with Crippen LogP contribution in [0.15, 0.2) is 24.3 Å². The fraction of sp³-hybridized carbons (Fsp3) is 0.385. The molecule has 1 fully saturated rings. The summed E-state index contributed by atoms with van der Waals surface area (Å²) in [5, 5.41) is 11.7. The number of hydrogen-bond acceptors (Lipinski definition) is 2. The highest BCUT2D eigenvalue weighted by molar-refractivity contribution is 14.1. The molecule has 1 heterocycles. The van der Waals surface area contributed by atoms with Crippen molar-refractivity contribution in [3.63, 3.8) is 0 Å². The number of carboxylic acids is 1. The number of likely N-dealkylation sites (tertiary alicyclic amines) is 1. The molecule has 1 atom stereocenters. The van der Waals surface area contributed by atoms with E-state index in [2.05, 4.69) is 27.9 Å². The summed E-state index contributed by atoms with van der Waals surface area (Å²) in [5.41, 5.74) is 0.750. The van der Waals surface area contributed by atoms with Crippen LogP contribution in [0.3, 0.4) is 0 Å². The van der Waals surface area contributed by atoms with E-state index in [1.165, 1.54) is 0 Å². The van der Waals surface area contributed by atoms with Crippen molar-refractivity contribution in [3.8, 4) is 0 Å². The largest absolute Gasteiger partial charge is 0.481 e. The van der Waals surface area contributed by atoms with Crippen molar-refractivity contribution in [2.24, 2.45) is 11.8 Å². The second-order valence-electron chi connectivity index (χ2n) is 4.73. The molecular formula is C13H15IN2O3. The Morgan fingerprint density at radius 1 is 1.37 bits per heavy atom. The monoisotopic (exact) mass is 374 g/mol. The molecule has 6 heteroatoms. The lowest BCUT2D eigenvalue weighted by molar-refractivity contribution is -0.144. The number of carbonyl (C=O) groups excluding carboxylic acids is 1. The molecule has 0 bridgehead atoms. The molecule has 0 spiro atoms. The fourth-order valence-electron chi connectivity index (χ4n) is 1.93. The lowest BCUT2D eigenvalue weighted by atomic mass is 9.87. The van der Waals surface area contributed by atoms with Crippen molar-refractivity contribution in [2.75, 3.05) is 18.4 Å². The zero-order valence-corrected chi connectivity index (χ0v) is 12.6. The lowest BCUT2D eigenvalue weighted by Gasteiger charge is -2.41. The molecule has 1 unspecified atom stereocenters. The van der Waals surface area contributed by atoms with Gasteiger partial charge in [0, 0.05) is 28.3 Å². The maximum absolute atomic E-state index is 11.9. The van der Waals surface area contributed by atoms with E-state index in [0.29, 0.717) is 13.1 Å². The summed E-state index contributed by atoms with van der Waals surface area (Å²) in [5.74, 6) is -1.15. The molecular weight excluding hydrogens is 359 g/mol. The van der Waals surface area contributed by atoms with E-state index in [9.17, 15) is 9.59 Å². The van der Waals surface area contributed by atoms with Crippen LogP contribution in [0.1, 0.15) is 6.92 Å². The number of urea groups is 1. The van der Waals surface area contributed by atoms with Gasteiger partial charge < -0.3 is 15.3 Å². The Morgan fingerprint density at radius 2 is 1.95 bits per heavy atom. The Kier molecular flexibility index (Phi) is 4.28. The summed E-state index contributed by atoms with van der Waals surface area (Å²) in [6.45, 7) is 2.69. The molecule has 1 saturated heterocycles. The number of amides is 2. The van der Waals surface area contributed by atoms with Gasteiger partial charge in [-0.05, 0) is 46.9 Å². The quantitative estimate of drug-likeness (QED) is 0.799. The molecule has 5 nitrogen and oxygen atoms in total. The predicted octanol–water partition coefficient (Wildman–Crippen LogP) is 2.48. The second kappa shape index (κ2) is 5.77. The van der Waals surface area contributed by atoms with Crippen LogP contribution in [0.4, 0.5) is 10.5 Å². The van der Waals surface area contributed by atoms with E-state index >= 15 is 0 Å². The highest BCUT2D eigenvalue weighted by Crippen LogP contribution is 2.24. The van der Waals surface area contributed by atoms with Crippen LogP contribution in [-0.2, 0) is 4.79 Å². The number of hydrogen-bond donors (Lipinski definition) is 2. The molecule has 1 aliphatic heterocycles. The van der Waals surface area contributed by atoms with Gasteiger partial charge in [-0.3, -0.25) is 4.79 Å². The van der Waals surface area contributed by atoms with Crippen molar-refractivity contribution in [3.05, 3.63) is 27.8 Å². The Hall–Kier alpha value is -1.31. The molecule has 0 aromatic heterocycles. The van der Waals surface area contributed by atoms with Crippen molar-refractivity contribution in [1.29, 1.82) is 0 Å². The Labute approximate surface area is 125 Å². The molecule has 0 radical (unpaired) electrons. The number of rotatable bonds is 3. The average molecular weight is 374 g/mol. The number of aliphatic carboxylic acids is 1. The number of halogens is 1. The van der Waals surface area contributed by atoms with Gasteiger partial charge in [0.1, 0.15) is 0 Å². The molecule has 1 aromatic carbocycles. The summed E-state index contributed by atoms with van der Waals surface area (Å²) in [6, 6.07) is 7.35. The highest BCUT2D eigenvalue weighted by Gasteiger charge is 2.37. The summed E-state index contributed by atoms with van der Waals surface area (Å²) < 4.78 is 1.11. The summed E-state index contributed by atoms with van der Waals surface area (Å²) in [4.78, 5) is 24.3. The molecule has 1 aromatic rings. The first-order valence-corrected chi connectivity index (χ1v) is 7.09. The highest BCUT2D eigenvalue weighted by atomic mass is 127. The van der Waals surface area contributed by atoms with E-state index < -0.39 is 11.9 Å². The molecule has 2 amide bonds. The van der Waals surface area contributed by atoms with Gasteiger partial charge in [-0.2, -0.15) is 0 Å². The summed E-state index contributed by atoms with van der Waals surface area (Å²) in [7, 11) is 0. The van der Waals surface area contributed by atoms with Crippen LogP contribution >= 0.6 is 22.6 Å². The van der Waals surface area contributed by atoms with E-state index in [1.807, 2.05) is 24.3 Å². The molecule has 0 aliphatic carbocycles. The normalized spacial score (nSPS) is 16.6. The fourth-order valence-corrected chi connectivity index (χ4v) is 2.29. The summed E-state index contributed by atoms with van der Waals surface area (Å²) >= 11 is 2.20. The average Bonchev–Trinajstić information content (AvgIpc) is 2.30. The molecule has 0 saturated carbocycles. The lowest BCUT2D eigenvalue weighted by Crippen LogP contribution is -2.54. The second-order valence-corrected chi connectivity index (χ2v) is 5.97. The number of carbonyl (C=O) groups is 2. The van der Waals surface area contributed by atoms with Gasteiger partial charge in [-0.25, -0.2) is 4.79 Å². The van der Waals surface area contributed by atoms with Gasteiger partial charge in [0.15, 0.2) is 0 Å². The maximum atomic E-state index is 11.9. The van der Waals surface area contributed by atoms with Gasteiger partial charge >= 0.3 is 12.0 Å². The first kappa shape index (κ1) is 14.1. The first-order chi connectivity index (χ1) is 8.97. The van der Waals surface area contributed by atoms with E-state index in [4.69, 9.17) is 5.11 Å². The molecule has 1 aliphatic rings. The predicted molar refractivity (Wildman–Crippen MR) is 80.0 cm³/mol. The van der Waals surface area contributed by atoms with Crippen LogP contribution in [0.25, 0.3) is 0 Å². The van der Waals surface area contributed by atoms with Crippen LogP contribution < -0.4 is 5.32 Å². The van der Waals surface area contributed by atoms with Crippen LogP contribution in [0, 0.1) is 15.4 Å². The van der Waals surface area contributed by atoms with Crippen LogP contribution in [-0.4, -0.2) is 35.1 Å². The van der Waals surface area contributed by atoms with Crippen molar-refractivity contribution >= 4 is 40.3 Å². The molecule has 2 N–H and O–H groups in total. The van der Waals surface area contributed by atoms with Crippen molar-refractivity contribution in [1.82, 2.24) is 4.90 Å². The number of benzene rings is 1. The van der Waals surface area contributed by atoms with Crippen molar-refractivity contribution in [2.45, 2.75) is 6.92 Å². The standard InChI is InChI=1S/C13H15IN2O3/c1-8(12(17)18)9-6-16(7-9)13(19)15-11-4-2-10(14)3-5-11/h2-5,8-9H,6-7H2,1H3,(H,15,19)(H,17,18). The van der Waals surface area contributed by atoms with Gasteiger partial charge in [-0.15, -0.1) is 0 Å². The number of carboxylic acid groups (broad SMARTS) is 1. The Balaban J connectivity index is 1.83. The molecule has 19 heavy (non-hydrogen) atoms. The summed E-state index contributed by atoms with van der Waals surface area (Å²) in [6.07, 6.45) is 0. The van der Waals surface area contributed by atoms with Gasteiger partial charge in [0.05, 0.1) is 5.92 Å². The third-order valence-electron chi connectivity index (χ3n) is 3.39.